The molecule has 0 unspecified atom stereocenters. The summed E-state index contributed by atoms with van der Waals surface area (Å²) in [6.45, 7) is 5.46. The van der Waals surface area contributed by atoms with Crippen molar-refractivity contribution in [3.8, 4) is 0 Å². The van der Waals surface area contributed by atoms with Crippen LogP contribution >= 0.6 is 0 Å². The summed E-state index contributed by atoms with van der Waals surface area (Å²) in [6.07, 6.45) is 0. The molecular formula is C9H12N2O2S. The van der Waals surface area contributed by atoms with Crippen LogP contribution in [0.15, 0.2) is 34.2 Å². The molecule has 0 aliphatic heterocycles. The number of nitrogens with zero attached hydrogens (tertiary/aromatic N) is 1. The number of nitrogens with one attached hydrogen (secondary N) is 1. The van der Waals surface area contributed by atoms with Gasteiger partial charge in [0.25, 0.3) is 0 Å². The van der Waals surface area contributed by atoms with Gasteiger partial charge in [-0.3, -0.25) is 4.99 Å². The summed E-state index contributed by atoms with van der Waals surface area (Å²) in [5.74, 6) is 0. The van der Waals surface area contributed by atoms with E-state index in [0.29, 0.717) is 12.2 Å². The van der Waals surface area contributed by atoms with Crippen molar-refractivity contribution < 1.29 is 8.42 Å². The van der Waals surface area contributed by atoms with Crippen molar-refractivity contribution >= 4 is 22.4 Å². The Morgan fingerprint density at radius 2 is 1.93 bits per heavy atom. The quantitative estimate of drug-likeness (QED) is 0.765. The number of aliphatic imine (C=N–C) groups is 1. The average Bonchev–Trinajstić information content (AvgIpc) is 2.18. The van der Waals surface area contributed by atoms with E-state index >= 15 is 0 Å². The Balaban J connectivity index is 3.03. The third-order valence-corrected chi connectivity index (χ3v) is 3.23. The number of benzene rings is 1. The lowest BCUT2D eigenvalue weighted by atomic mass is 10.3. The minimum atomic E-state index is -3.35. The Morgan fingerprint density at radius 3 is 2.36 bits per heavy atom. The minimum absolute atomic E-state index is 0.242. The molecule has 76 valence electrons. The summed E-state index contributed by atoms with van der Waals surface area (Å²) in [6, 6.07) is 6.22. The van der Waals surface area contributed by atoms with E-state index in [1.165, 1.54) is 12.1 Å². The number of hydrogen-bond donors (Lipinski definition) is 1. The van der Waals surface area contributed by atoms with Gasteiger partial charge >= 0.3 is 0 Å². The number of rotatable bonds is 4. The Labute approximate surface area is 83.7 Å². The second-order valence-corrected chi connectivity index (χ2v) is 4.42. The molecule has 0 saturated heterocycles. The Kier molecular flexibility index (Phi) is 3.38. The highest BCUT2D eigenvalue weighted by atomic mass is 32.2. The van der Waals surface area contributed by atoms with Gasteiger partial charge < -0.3 is 0 Å². The molecular weight excluding hydrogens is 200 g/mol. The van der Waals surface area contributed by atoms with Gasteiger partial charge in [0.15, 0.2) is 0 Å². The largest absolute Gasteiger partial charge is 0.265 e. The Bertz CT molecular complexity index is 409. The molecule has 0 saturated carbocycles. The lowest BCUT2D eigenvalue weighted by molar-refractivity contribution is 0.584. The number of sulfonamides is 1. The van der Waals surface area contributed by atoms with Crippen molar-refractivity contribution in [2.45, 2.75) is 11.8 Å². The normalized spacial score (nSPS) is 11.2. The van der Waals surface area contributed by atoms with E-state index in [1.54, 1.807) is 19.1 Å². The van der Waals surface area contributed by atoms with E-state index in [1.807, 2.05) is 0 Å². The van der Waals surface area contributed by atoms with Crippen molar-refractivity contribution in [1.29, 1.82) is 0 Å². The summed E-state index contributed by atoms with van der Waals surface area (Å²) >= 11 is 0. The molecule has 1 N–H and O–H groups in total. The maximum absolute atomic E-state index is 11.5. The number of hydrogen-bond acceptors (Lipinski definition) is 3. The first kappa shape index (κ1) is 10.9. The maximum Gasteiger partial charge on any atom is 0.240 e. The zero-order chi connectivity index (χ0) is 10.6. The minimum Gasteiger partial charge on any atom is -0.265 e. The van der Waals surface area contributed by atoms with Gasteiger partial charge in [-0.05, 0) is 31.0 Å². The van der Waals surface area contributed by atoms with Crippen LogP contribution in [0.4, 0.5) is 5.69 Å². The lowest BCUT2D eigenvalue weighted by Gasteiger charge is -2.03. The molecule has 0 aromatic heterocycles. The van der Waals surface area contributed by atoms with Crippen LogP contribution < -0.4 is 4.72 Å². The van der Waals surface area contributed by atoms with Gasteiger partial charge in [0.2, 0.25) is 10.0 Å². The smallest absolute Gasteiger partial charge is 0.240 e. The van der Waals surface area contributed by atoms with Gasteiger partial charge in [-0.15, -0.1) is 0 Å². The molecule has 1 aromatic carbocycles. The highest BCUT2D eigenvalue weighted by molar-refractivity contribution is 7.89. The molecule has 0 spiro atoms. The van der Waals surface area contributed by atoms with E-state index in [2.05, 4.69) is 16.4 Å². The van der Waals surface area contributed by atoms with Gasteiger partial charge in [-0.2, -0.15) is 0 Å². The van der Waals surface area contributed by atoms with E-state index in [-0.39, 0.29) is 4.90 Å². The average molecular weight is 212 g/mol. The van der Waals surface area contributed by atoms with Crippen LogP contribution in [-0.2, 0) is 10.0 Å². The first-order chi connectivity index (χ1) is 6.60. The molecule has 0 atom stereocenters. The fourth-order valence-electron chi connectivity index (χ4n) is 1.00. The molecule has 0 aliphatic carbocycles. The van der Waals surface area contributed by atoms with Crippen LogP contribution in [0.5, 0.6) is 0 Å². The van der Waals surface area contributed by atoms with Crippen LogP contribution in [-0.4, -0.2) is 21.7 Å². The summed E-state index contributed by atoms with van der Waals surface area (Å²) < 4.78 is 25.4. The second-order valence-electron chi connectivity index (χ2n) is 2.65. The monoisotopic (exact) mass is 212 g/mol. The highest BCUT2D eigenvalue weighted by Gasteiger charge is 2.11. The molecule has 4 nitrogen and oxygen atoms in total. The Morgan fingerprint density at radius 1 is 1.36 bits per heavy atom. The molecule has 0 fully saturated rings. The van der Waals surface area contributed by atoms with E-state index in [9.17, 15) is 8.42 Å². The van der Waals surface area contributed by atoms with Crippen LogP contribution in [0, 0.1) is 0 Å². The zero-order valence-corrected chi connectivity index (χ0v) is 8.71. The van der Waals surface area contributed by atoms with Crippen molar-refractivity contribution in [3.05, 3.63) is 24.3 Å². The molecule has 0 radical (unpaired) electrons. The van der Waals surface area contributed by atoms with E-state index < -0.39 is 10.0 Å². The first-order valence-corrected chi connectivity index (χ1v) is 5.65. The fourth-order valence-corrected chi connectivity index (χ4v) is 2.05. The lowest BCUT2D eigenvalue weighted by Crippen LogP contribution is -2.22. The molecule has 14 heavy (non-hydrogen) atoms. The summed E-state index contributed by atoms with van der Waals surface area (Å²) in [5.41, 5.74) is 0.653. The van der Waals surface area contributed by atoms with Crippen molar-refractivity contribution in [2.75, 3.05) is 6.54 Å². The standard InChI is InChI=1S/C9H12N2O2S/c1-3-11-14(12,13)9-6-4-8(10-2)5-7-9/h4-7,11H,2-3H2,1H3. The van der Waals surface area contributed by atoms with Gasteiger partial charge in [-0.1, -0.05) is 6.92 Å². The van der Waals surface area contributed by atoms with Crippen LogP contribution in [0.2, 0.25) is 0 Å². The molecule has 1 aromatic rings. The maximum atomic E-state index is 11.5. The molecule has 0 heterocycles. The molecule has 0 amide bonds. The summed E-state index contributed by atoms with van der Waals surface area (Å²) in [5, 5.41) is 0. The molecule has 0 bridgehead atoms. The van der Waals surface area contributed by atoms with E-state index in [0.717, 1.165) is 0 Å². The third kappa shape index (κ3) is 2.40. The topological polar surface area (TPSA) is 58.5 Å². The fraction of sp³-hybridized carbons (Fsp3) is 0.222. The molecule has 1 rings (SSSR count). The summed E-state index contributed by atoms with van der Waals surface area (Å²) in [7, 11) is -3.35. The Hall–Kier alpha value is -1.20. The van der Waals surface area contributed by atoms with Gasteiger partial charge in [0.1, 0.15) is 0 Å². The highest BCUT2D eigenvalue weighted by Crippen LogP contribution is 2.15. The third-order valence-electron chi connectivity index (χ3n) is 1.66. The van der Waals surface area contributed by atoms with Crippen molar-refractivity contribution in [2.24, 2.45) is 4.99 Å². The predicted molar refractivity (Wildman–Crippen MR) is 56.5 cm³/mol. The van der Waals surface area contributed by atoms with E-state index in [4.69, 9.17) is 0 Å². The molecule has 5 heteroatoms. The van der Waals surface area contributed by atoms with Crippen LogP contribution in [0.25, 0.3) is 0 Å². The van der Waals surface area contributed by atoms with Crippen LogP contribution in [0.1, 0.15) is 6.92 Å². The second kappa shape index (κ2) is 4.34. The first-order valence-electron chi connectivity index (χ1n) is 4.16. The van der Waals surface area contributed by atoms with Gasteiger partial charge in [0, 0.05) is 6.54 Å². The molecule has 0 aliphatic rings. The van der Waals surface area contributed by atoms with Crippen molar-refractivity contribution in [3.63, 3.8) is 0 Å². The van der Waals surface area contributed by atoms with Gasteiger partial charge in [0.05, 0.1) is 10.6 Å². The predicted octanol–water partition coefficient (Wildman–Crippen LogP) is 1.32. The van der Waals surface area contributed by atoms with Crippen molar-refractivity contribution in [1.82, 2.24) is 4.72 Å². The van der Waals surface area contributed by atoms with Crippen LogP contribution in [0.3, 0.4) is 0 Å². The van der Waals surface area contributed by atoms with Gasteiger partial charge in [-0.25, -0.2) is 13.1 Å². The zero-order valence-electron chi connectivity index (χ0n) is 7.90. The SMILES string of the molecule is C=Nc1ccc(S(=O)(=O)NCC)cc1. The summed E-state index contributed by atoms with van der Waals surface area (Å²) in [4.78, 5) is 3.92.